The van der Waals surface area contributed by atoms with Gasteiger partial charge in [-0.1, -0.05) is 6.07 Å². The van der Waals surface area contributed by atoms with Crippen molar-refractivity contribution in [2.24, 2.45) is 0 Å². The number of halogens is 1. The van der Waals surface area contributed by atoms with E-state index in [-0.39, 0.29) is 17.2 Å². The predicted octanol–water partition coefficient (Wildman–Crippen LogP) is 3.91. The van der Waals surface area contributed by atoms with Crippen LogP contribution in [0.2, 0.25) is 0 Å². The summed E-state index contributed by atoms with van der Waals surface area (Å²) in [6, 6.07) is 6.60. The molecule has 0 atom stereocenters. The lowest BCUT2D eigenvalue weighted by Crippen LogP contribution is -2.29. The van der Waals surface area contributed by atoms with E-state index < -0.39 is 5.82 Å². The first kappa shape index (κ1) is 19.5. The van der Waals surface area contributed by atoms with E-state index in [2.05, 4.69) is 4.98 Å². The molecule has 0 N–H and O–H groups in total. The van der Waals surface area contributed by atoms with E-state index in [1.807, 2.05) is 19.9 Å². The topological polar surface area (TPSA) is 61.2 Å². The van der Waals surface area contributed by atoms with Gasteiger partial charge in [0, 0.05) is 19.3 Å². The molecule has 1 aliphatic heterocycles. The van der Waals surface area contributed by atoms with E-state index in [9.17, 15) is 14.0 Å². The van der Waals surface area contributed by atoms with Crippen LogP contribution < -0.4 is 5.56 Å². The Labute approximate surface area is 168 Å². The Kier molecular flexibility index (Phi) is 5.28. The van der Waals surface area contributed by atoms with Gasteiger partial charge in [0.15, 0.2) is 6.29 Å². The van der Waals surface area contributed by atoms with Gasteiger partial charge in [-0.3, -0.25) is 14.2 Å². The van der Waals surface area contributed by atoms with Crippen LogP contribution in [-0.2, 0) is 11.2 Å². The Morgan fingerprint density at radius 3 is 2.66 bits per heavy atom. The van der Waals surface area contributed by atoms with Crippen molar-refractivity contribution in [3.63, 3.8) is 0 Å². The van der Waals surface area contributed by atoms with Crippen LogP contribution in [-0.4, -0.2) is 29.1 Å². The Bertz CT molecular complexity index is 1150. The summed E-state index contributed by atoms with van der Waals surface area (Å²) >= 11 is 0. The van der Waals surface area contributed by atoms with Gasteiger partial charge in [-0.2, -0.15) is 0 Å². The van der Waals surface area contributed by atoms with Crippen molar-refractivity contribution in [1.29, 1.82) is 0 Å². The standard InChI is InChI=1S/C23H23FN2O3/c1-14-15(2)22-20(23(28)26(13-25-22)19-5-7-29-8-6-19)11-18(14)9-16-3-4-17(12-27)21(24)10-16/h3-4,10-13,19H,5-9H2,1-2H3. The van der Waals surface area contributed by atoms with Crippen LogP contribution in [0.1, 0.15) is 51.5 Å². The molecule has 0 unspecified atom stereocenters. The molecule has 1 fully saturated rings. The molecule has 5 nitrogen and oxygen atoms in total. The van der Waals surface area contributed by atoms with E-state index in [0.29, 0.717) is 36.8 Å². The van der Waals surface area contributed by atoms with Crippen molar-refractivity contribution < 1.29 is 13.9 Å². The quantitative estimate of drug-likeness (QED) is 0.630. The molecule has 3 aromatic rings. The van der Waals surface area contributed by atoms with E-state index in [1.165, 1.54) is 12.1 Å². The molecule has 0 spiro atoms. The normalized spacial score (nSPS) is 15.0. The number of nitrogens with zero attached hydrogens (tertiary/aromatic N) is 2. The van der Waals surface area contributed by atoms with Crippen LogP contribution >= 0.6 is 0 Å². The van der Waals surface area contributed by atoms with Gasteiger partial charge in [0.2, 0.25) is 0 Å². The number of hydrogen-bond acceptors (Lipinski definition) is 4. The number of carbonyl (C=O) groups excluding carboxylic acids is 1. The first-order valence-electron chi connectivity index (χ1n) is 9.81. The van der Waals surface area contributed by atoms with Crippen LogP contribution in [0.4, 0.5) is 4.39 Å². The lowest BCUT2D eigenvalue weighted by atomic mass is 9.94. The third-order valence-corrected chi connectivity index (χ3v) is 5.92. The third-order valence-electron chi connectivity index (χ3n) is 5.92. The van der Waals surface area contributed by atoms with Crippen molar-refractivity contribution in [1.82, 2.24) is 9.55 Å². The van der Waals surface area contributed by atoms with Crippen LogP contribution in [0.15, 0.2) is 35.4 Å². The number of fused-ring (bicyclic) bond motifs is 1. The van der Waals surface area contributed by atoms with Crippen molar-refractivity contribution >= 4 is 17.2 Å². The highest BCUT2D eigenvalue weighted by Gasteiger charge is 2.19. The number of rotatable bonds is 4. The van der Waals surface area contributed by atoms with Crippen LogP contribution in [0.5, 0.6) is 0 Å². The second-order valence-electron chi connectivity index (χ2n) is 7.63. The monoisotopic (exact) mass is 394 g/mol. The van der Waals surface area contributed by atoms with Gasteiger partial charge in [0.1, 0.15) is 5.82 Å². The molecular weight excluding hydrogens is 371 g/mol. The maximum atomic E-state index is 14.0. The zero-order valence-corrected chi connectivity index (χ0v) is 16.6. The number of carbonyl (C=O) groups is 1. The molecule has 2 heterocycles. The molecule has 150 valence electrons. The van der Waals surface area contributed by atoms with Gasteiger partial charge >= 0.3 is 0 Å². The van der Waals surface area contributed by atoms with Crippen molar-refractivity contribution in [3.8, 4) is 0 Å². The summed E-state index contributed by atoms with van der Waals surface area (Å²) in [6.45, 7) is 5.25. The smallest absolute Gasteiger partial charge is 0.261 e. The molecule has 4 rings (SSSR count). The van der Waals surface area contributed by atoms with Gasteiger partial charge in [-0.15, -0.1) is 0 Å². The summed E-state index contributed by atoms with van der Waals surface area (Å²) < 4.78 is 21.1. The SMILES string of the molecule is Cc1c(Cc2ccc(C=O)c(F)c2)cc2c(=O)n(C3CCOCC3)cnc2c1C. The van der Waals surface area contributed by atoms with Gasteiger partial charge in [-0.05, 0) is 73.6 Å². The Hall–Kier alpha value is -2.86. The Morgan fingerprint density at radius 2 is 1.97 bits per heavy atom. The van der Waals surface area contributed by atoms with Crippen molar-refractivity contribution in [2.45, 2.75) is 39.2 Å². The Balaban J connectivity index is 1.79. The predicted molar refractivity (Wildman–Crippen MR) is 109 cm³/mol. The van der Waals surface area contributed by atoms with Gasteiger partial charge in [0.25, 0.3) is 5.56 Å². The minimum atomic E-state index is -0.531. The summed E-state index contributed by atoms with van der Waals surface area (Å²) in [5, 5.41) is 0.585. The van der Waals surface area contributed by atoms with Crippen LogP contribution in [0.25, 0.3) is 10.9 Å². The molecule has 0 aliphatic carbocycles. The average molecular weight is 394 g/mol. The molecule has 2 aromatic carbocycles. The largest absolute Gasteiger partial charge is 0.381 e. The highest BCUT2D eigenvalue weighted by Crippen LogP contribution is 2.26. The molecule has 0 saturated carbocycles. The molecule has 0 bridgehead atoms. The molecule has 1 aromatic heterocycles. The summed E-state index contributed by atoms with van der Waals surface area (Å²) in [5.41, 5.74) is 4.41. The fraction of sp³-hybridized carbons (Fsp3) is 0.348. The number of hydrogen-bond donors (Lipinski definition) is 0. The van der Waals surface area contributed by atoms with Gasteiger partial charge in [-0.25, -0.2) is 9.37 Å². The highest BCUT2D eigenvalue weighted by atomic mass is 19.1. The second-order valence-corrected chi connectivity index (χ2v) is 7.63. The molecule has 1 aliphatic rings. The summed E-state index contributed by atoms with van der Waals surface area (Å²) in [7, 11) is 0. The summed E-state index contributed by atoms with van der Waals surface area (Å²) in [6.07, 6.45) is 4.24. The van der Waals surface area contributed by atoms with E-state index in [4.69, 9.17) is 4.74 Å². The van der Waals surface area contributed by atoms with Gasteiger partial charge < -0.3 is 4.74 Å². The van der Waals surface area contributed by atoms with Crippen molar-refractivity contribution in [2.75, 3.05) is 13.2 Å². The van der Waals surface area contributed by atoms with Crippen LogP contribution in [0, 0.1) is 19.7 Å². The van der Waals surface area contributed by atoms with E-state index in [1.54, 1.807) is 17.0 Å². The first-order chi connectivity index (χ1) is 14.0. The number of aromatic nitrogens is 2. The van der Waals surface area contributed by atoms with E-state index in [0.717, 1.165) is 35.1 Å². The summed E-state index contributed by atoms with van der Waals surface area (Å²) in [5.74, 6) is -0.531. The number of benzene rings is 2. The molecular formula is C23H23FN2O3. The number of ether oxygens (including phenoxy) is 1. The molecule has 0 amide bonds. The van der Waals surface area contributed by atoms with Gasteiger partial charge in [0.05, 0.1) is 22.8 Å². The number of aryl methyl sites for hydroxylation is 1. The van der Waals surface area contributed by atoms with Crippen molar-refractivity contribution in [3.05, 3.63) is 74.6 Å². The molecule has 29 heavy (non-hydrogen) atoms. The zero-order chi connectivity index (χ0) is 20.5. The minimum Gasteiger partial charge on any atom is -0.381 e. The minimum absolute atomic E-state index is 0.0451. The molecule has 6 heteroatoms. The third kappa shape index (κ3) is 3.60. The highest BCUT2D eigenvalue weighted by molar-refractivity contribution is 5.83. The molecule has 1 saturated heterocycles. The fourth-order valence-corrected chi connectivity index (χ4v) is 4.02. The summed E-state index contributed by atoms with van der Waals surface area (Å²) in [4.78, 5) is 28.7. The van der Waals surface area contributed by atoms with Crippen LogP contribution in [0.3, 0.4) is 0 Å². The maximum Gasteiger partial charge on any atom is 0.261 e. The first-order valence-corrected chi connectivity index (χ1v) is 9.81. The second kappa shape index (κ2) is 7.87. The molecule has 0 radical (unpaired) electrons. The van der Waals surface area contributed by atoms with E-state index >= 15 is 0 Å². The average Bonchev–Trinajstić information content (AvgIpc) is 2.73. The lowest BCUT2D eigenvalue weighted by molar-refractivity contribution is 0.0685. The zero-order valence-electron chi connectivity index (χ0n) is 16.6. The lowest BCUT2D eigenvalue weighted by Gasteiger charge is -2.24. The maximum absolute atomic E-state index is 14.0. The fourth-order valence-electron chi connectivity index (χ4n) is 4.02. The Morgan fingerprint density at radius 1 is 1.21 bits per heavy atom. The number of aldehydes is 1.